The number of aromatic hydroxyl groups is 1. The Morgan fingerprint density at radius 2 is 1.14 bits per heavy atom. The molecule has 33 nitrogen and oxygen atoms in total. The van der Waals surface area contributed by atoms with Crippen LogP contribution in [0.2, 0.25) is 0 Å². The van der Waals surface area contributed by atoms with E-state index in [4.69, 9.17) is 26.8 Å². The van der Waals surface area contributed by atoms with Gasteiger partial charge < -0.3 is 94.4 Å². The molecule has 2 saturated heterocycles. The summed E-state index contributed by atoms with van der Waals surface area (Å²) < 4.78 is 6.29. The molecule has 6 rings (SSSR count). The molecule has 11 amide bonds. The van der Waals surface area contributed by atoms with Gasteiger partial charge in [-0.2, -0.15) is 23.5 Å². The molecule has 0 aromatic heterocycles. The van der Waals surface area contributed by atoms with E-state index in [0.29, 0.717) is 61.2 Å². The number of phenols is 1. The van der Waals surface area contributed by atoms with Crippen molar-refractivity contribution in [3.63, 3.8) is 0 Å². The maximum atomic E-state index is 15.2. The molecule has 2 aromatic carbocycles. The molecular weight excluding hydrogens is 1390 g/mol. The number of carbonyl (C=O) groups excluding carboxylic acids is 11. The van der Waals surface area contributed by atoms with Crippen LogP contribution in [0.1, 0.15) is 154 Å². The highest BCUT2D eigenvalue weighted by molar-refractivity contribution is 7.98. The van der Waals surface area contributed by atoms with Gasteiger partial charge in [-0.15, -0.1) is 0 Å². The van der Waals surface area contributed by atoms with Crippen LogP contribution in [0.4, 0.5) is 0 Å². The lowest BCUT2D eigenvalue weighted by molar-refractivity contribution is -0.144. The third-order valence-corrected chi connectivity index (χ3v) is 19.7. The van der Waals surface area contributed by atoms with Gasteiger partial charge in [-0.1, -0.05) is 63.9 Å². The van der Waals surface area contributed by atoms with Crippen LogP contribution < -0.4 is 64.5 Å². The summed E-state index contributed by atoms with van der Waals surface area (Å²) in [7, 11) is 0. The molecule has 0 unspecified atom stereocenters. The number of hydrogen-bond acceptors (Lipinski definition) is 20. The zero-order chi connectivity index (χ0) is 76.0. The zero-order valence-electron chi connectivity index (χ0n) is 59.3. The standard InChI is InChI=1S/C69H101N15O18S2/c1-5-6-14-46-60(93)78-49(33-57(89)90)63(96)80-50(34-69(2,3)4)66(99)83-25-12-17-54(83)65(98)79-48(32-40-18-20-43(85)21-19-40)62(95)76-47(22-23-56(87)88)61(94)81-51(58(70)91)38-103-36-41-29-42-31-44(30-41)101-27-9-7-8-10-28-102-74-35-55(86)75-45(15-11-24-73-68(71)72)59(92)82-52(39-104-37-42)67(100)84-26-13-16-53(84)64(97)77-46/h18-21,29-31,35,45-54,85H,5-17,22-28,32-34,36-39H2,1-4H3,(H2,70,91)(H,75,86)(H,76,95)(H,77,97)(H,78,93)(H,79,98)(H,80,96)(H,81,94)(H,82,92)(H,87,88)(H,89,90)(H4,71,72,73)/b74-35+/t45-,46-,47-,48-,49-,50-,51-,52-,53-,54-/m0/s1. The largest absolute Gasteiger partial charge is 0.508 e. The van der Waals surface area contributed by atoms with E-state index in [1.165, 1.54) is 57.6 Å². The van der Waals surface area contributed by atoms with Gasteiger partial charge in [0.05, 0.1) is 13.0 Å². The number of phenolic OH excluding ortho intramolecular Hbond substituents is 1. The Labute approximate surface area is 612 Å². The van der Waals surface area contributed by atoms with E-state index in [0.717, 1.165) is 19.1 Å². The number of carboxylic acids is 2. The van der Waals surface area contributed by atoms with Crippen LogP contribution in [-0.4, -0.2) is 219 Å². The normalized spacial score (nSPS) is 25.2. The number of rotatable bonds is 16. The van der Waals surface area contributed by atoms with E-state index in [9.17, 15) is 72.9 Å². The molecule has 572 valence electrons. The number of hydrogen-bond donors (Lipinski definition) is 14. The summed E-state index contributed by atoms with van der Waals surface area (Å²) in [6, 6.07) is -3.37. The van der Waals surface area contributed by atoms with E-state index in [1.807, 2.05) is 13.0 Å². The van der Waals surface area contributed by atoms with Gasteiger partial charge in [-0.05, 0) is 130 Å². The minimum Gasteiger partial charge on any atom is -0.508 e. The summed E-state index contributed by atoms with van der Waals surface area (Å²) in [5.41, 5.74) is 18.1. The topological polar surface area (TPSA) is 507 Å². The molecule has 4 bridgehead atoms. The zero-order valence-corrected chi connectivity index (χ0v) is 60.9. The number of carbonyl (C=O) groups is 13. The summed E-state index contributed by atoms with van der Waals surface area (Å²) in [6.07, 6.45) is 2.82. The van der Waals surface area contributed by atoms with Crippen molar-refractivity contribution in [3.8, 4) is 11.5 Å². The number of nitrogens with two attached hydrogens (primary N) is 3. The molecule has 0 spiro atoms. The number of benzene rings is 2. The number of unbranched alkanes of at least 4 members (excludes halogenated alkanes) is 1. The summed E-state index contributed by atoms with van der Waals surface area (Å²) in [5.74, 6) is -12.2. The molecule has 4 aliphatic rings. The Kier molecular flexibility index (Phi) is 33.6. The van der Waals surface area contributed by atoms with Crippen molar-refractivity contribution in [2.45, 2.75) is 215 Å². The highest BCUT2D eigenvalue weighted by Crippen LogP contribution is 2.29. The van der Waals surface area contributed by atoms with Crippen molar-refractivity contribution in [1.82, 2.24) is 52.3 Å². The predicted molar refractivity (Wildman–Crippen MR) is 386 cm³/mol. The van der Waals surface area contributed by atoms with Crippen molar-refractivity contribution in [1.29, 1.82) is 0 Å². The Bertz CT molecular complexity index is 3410. The number of nitrogens with zero attached hydrogens (tertiary/aromatic N) is 4. The van der Waals surface area contributed by atoms with Crippen molar-refractivity contribution in [2.24, 2.45) is 32.8 Å². The summed E-state index contributed by atoms with van der Waals surface area (Å²) in [6.45, 7) is 7.67. The van der Waals surface area contributed by atoms with Gasteiger partial charge >= 0.3 is 11.9 Å². The Morgan fingerprint density at radius 1 is 0.606 bits per heavy atom. The summed E-state index contributed by atoms with van der Waals surface area (Å²) in [4.78, 5) is 196. The highest BCUT2D eigenvalue weighted by Gasteiger charge is 2.44. The minimum atomic E-state index is -1.85. The summed E-state index contributed by atoms with van der Waals surface area (Å²) in [5, 5.41) is 55.2. The number of carboxylic acid groups (broad SMARTS) is 2. The average Bonchev–Trinajstić information content (AvgIpc) is 1.61. The molecule has 0 radical (unpaired) electrons. The molecule has 17 N–H and O–H groups in total. The molecule has 104 heavy (non-hydrogen) atoms. The Morgan fingerprint density at radius 3 is 1.76 bits per heavy atom. The third kappa shape index (κ3) is 28.0. The molecule has 35 heteroatoms. The van der Waals surface area contributed by atoms with E-state index >= 15 is 4.79 Å². The fourth-order valence-electron chi connectivity index (χ4n) is 12.3. The molecule has 4 heterocycles. The second-order valence-electron chi connectivity index (χ2n) is 27.4. The molecule has 0 aliphatic carbocycles. The van der Waals surface area contributed by atoms with Crippen LogP contribution >= 0.6 is 23.5 Å². The lowest BCUT2D eigenvalue weighted by Crippen LogP contribution is -2.61. The monoisotopic (exact) mass is 1490 g/mol. The predicted octanol–water partition coefficient (Wildman–Crippen LogP) is 0.435. The van der Waals surface area contributed by atoms with Crippen LogP contribution in [0.5, 0.6) is 11.5 Å². The number of amides is 11. The fraction of sp³-hybridized carbons (Fsp3) is 0.609. The Hall–Kier alpha value is -9.41. The van der Waals surface area contributed by atoms with Crippen LogP contribution in [0, 0.1) is 5.41 Å². The van der Waals surface area contributed by atoms with Crippen molar-refractivity contribution < 1.29 is 87.2 Å². The molecule has 4 aliphatic heterocycles. The summed E-state index contributed by atoms with van der Waals surface area (Å²) >= 11 is 2.42. The van der Waals surface area contributed by atoms with E-state index in [-0.39, 0.29) is 112 Å². The lowest BCUT2D eigenvalue weighted by atomic mass is 9.87. The number of ether oxygens (including phenoxy) is 1. The first-order valence-corrected chi connectivity index (χ1v) is 37.5. The molecule has 10 atom stereocenters. The first-order valence-electron chi connectivity index (χ1n) is 35.2. The fourth-order valence-corrected chi connectivity index (χ4v) is 14.2. The van der Waals surface area contributed by atoms with Gasteiger partial charge in [0.25, 0.3) is 5.91 Å². The van der Waals surface area contributed by atoms with Gasteiger partial charge in [-0.25, -0.2) is 0 Å². The van der Waals surface area contributed by atoms with Crippen molar-refractivity contribution in [3.05, 3.63) is 59.2 Å². The second kappa shape index (κ2) is 41.8. The number of aliphatic carboxylic acids is 2. The lowest BCUT2D eigenvalue weighted by Gasteiger charge is -2.33. The molecular formula is C69H101N15O18S2. The van der Waals surface area contributed by atoms with Crippen LogP contribution in [-0.2, 0) is 85.1 Å². The van der Waals surface area contributed by atoms with Crippen molar-refractivity contribution in [2.75, 3.05) is 44.4 Å². The van der Waals surface area contributed by atoms with Gasteiger partial charge in [0.1, 0.15) is 84.7 Å². The SMILES string of the molecule is CCCC[C@@H]1NC(=O)[C@@H]2CCCN2C(=O)[C@@H]2CSCc3cc(cc(c3)OCCCCCCO/N=C/C(=O)N[C@@H](CCCN=C(N)N)C(=O)N2)CSC[C@@H](C(N)=O)NC(=O)[C@H](CCC(=O)O)NC(=O)[C@H](Cc2ccc(O)cc2)NC(=O)[C@@H]2CCCN2C(=O)[C@H](CC(C)(C)C)NC(=O)[C@H](CC(=O)O)NC1=O. The number of primary amides is 1. The first-order chi connectivity index (χ1) is 49.5. The van der Waals surface area contributed by atoms with Crippen molar-refractivity contribution >= 4 is 113 Å². The third-order valence-electron chi connectivity index (χ3n) is 17.5. The minimum absolute atomic E-state index is 0.0131. The van der Waals surface area contributed by atoms with Crippen LogP contribution in [0.3, 0.4) is 0 Å². The van der Waals surface area contributed by atoms with Gasteiger partial charge in [0, 0.05) is 55.5 Å². The van der Waals surface area contributed by atoms with Gasteiger partial charge in [-0.3, -0.25) is 67.3 Å². The maximum Gasteiger partial charge on any atom is 0.305 e. The van der Waals surface area contributed by atoms with Crippen LogP contribution in [0.25, 0.3) is 0 Å². The van der Waals surface area contributed by atoms with Gasteiger partial charge in [0.15, 0.2) is 5.96 Å². The van der Waals surface area contributed by atoms with Crippen LogP contribution in [0.15, 0.2) is 52.6 Å². The number of guanidine groups is 1. The second-order valence-corrected chi connectivity index (χ2v) is 29.4. The molecule has 0 saturated carbocycles. The Balaban J connectivity index is 1.43. The number of fused-ring (bicyclic) bond motifs is 7. The highest BCUT2D eigenvalue weighted by atomic mass is 32.2. The number of aliphatic imine (C=N–C) groups is 1. The molecule has 2 fully saturated rings. The smallest absolute Gasteiger partial charge is 0.305 e. The van der Waals surface area contributed by atoms with E-state index in [2.05, 4.69) is 52.7 Å². The average molecular weight is 1490 g/mol. The quantitative estimate of drug-likeness (QED) is 0.0616. The maximum absolute atomic E-state index is 15.2. The number of thioether (sulfide) groups is 2. The van der Waals surface area contributed by atoms with E-state index in [1.54, 1.807) is 32.9 Å². The van der Waals surface area contributed by atoms with Gasteiger partial charge in [0.2, 0.25) is 59.1 Å². The molecule has 2 aromatic rings. The first kappa shape index (κ1) is 83.5. The van der Waals surface area contributed by atoms with E-state index < -0.39 is 162 Å². The number of nitrogens with one attached hydrogen (secondary N) is 8. The number of oxime groups is 1.